The lowest BCUT2D eigenvalue weighted by atomic mass is 9.97. The van der Waals surface area contributed by atoms with E-state index in [1.165, 1.54) is 0 Å². The summed E-state index contributed by atoms with van der Waals surface area (Å²) in [5, 5.41) is 0. The summed E-state index contributed by atoms with van der Waals surface area (Å²) in [5.41, 5.74) is 1.71. The molecule has 2 aromatic heterocycles. The molecule has 1 fully saturated rings. The molecule has 0 bridgehead atoms. The smallest absolute Gasteiger partial charge is 0.432 e. The molecule has 7 nitrogen and oxygen atoms in total. The summed E-state index contributed by atoms with van der Waals surface area (Å²) in [6.07, 6.45) is 9.37. The molecule has 3 unspecified atom stereocenters. The van der Waals surface area contributed by atoms with E-state index in [1.54, 1.807) is 6.20 Å². The molecule has 1 aliphatic heterocycles. The van der Waals surface area contributed by atoms with Crippen molar-refractivity contribution in [2.24, 2.45) is 0 Å². The third-order valence-electron chi connectivity index (χ3n) is 5.59. The van der Waals surface area contributed by atoms with Crippen LogP contribution in [0.15, 0.2) is 42.6 Å². The summed E-state index contributed by atoms with van der Waals surface area (Å²) in [7, 11) is 3.99. The van der Waals surface area contributed by atoms with E-state index in [9.17, 15) is 4.79 Å². The number of ether oxygens (including phenoxy) is 3. The number of pyridine rings is 2. The Balaban J connectivity index is 1.55. The quantitative estimate of drug-likeness (QED) is 0.379. The summed E-state index contributed by atoms with van der Waals surface area (Å²) >= 11 is 0. The topological polar surface area (TPSA) is 73.8 Å². The van der Waals surface area contributed by atoms with Crippen molar-refractivity contribution in [3.05, 3.63) is 54.0 Å². The van der Waals surface area contributed by atoms with Crippen molar-refractivity contribution in [1.29, 1.82) is 0 Å². The molecule has 2 aromatic rings. The van der Waals surface area contributed by atoms with E-state index in [0.717, 1.165) is 49.3 Å². The monoisotopic (exact) mass is 451 g/mol. The Morgan fingerprint density at radius 2 is 2.06 bits per heavy atom. The van der Waals surface area contributed by atoms with E-state index in [-0.39, 0.29) is 24.8 Å². The van der Waals surface area contributed by atoms with Crippen LogP contribution >= 0.6 is 0 Å². The average Bonchev–Trinajstić information content (AvgIpc) is 3.25. The molecule has 0 aromatic carbocycles. The van der Waals surface area contributed by atoms with Crippen LogP contribution in [0.3, 0.4) is 0 Å². The predicted molar refractivity (Wildman–Crippen MR) is 133 cm³/mol. The van der Waals surface area contributed by atoms with Gasteiger partial charge in [0, 0.05) is 19.2 Å². The van der Waals surface area contributed by atoms with Gasteiger partial charge in [0.2, 0.25) is 0 Å². The molecular formula is C25H34BN3O4. The van der Waals surface area contributed by atoms with Crippen LogP contribution in [-0.2, 0) is 14.2 Å². The highest BCUT2D eigenvalue weighted by Gasteiger charge is 2.24. The van der Waals surface area contributed by atoms with Crippen LogP contribution in [0.5, 0.6) is 0 Å². The number of carbonyl (C=O) groups excluding carboxylic acids is 1. The highest BCUT2D eigenvalue weighted by molar-refractivity contribution is 6.11. The molecule has 8 heteroatoms. The first-order valence-corrected chi connectivity index (χ1v) is 11.8. The molecule has 3 heterocycles. The highest BCUT2D eigenvalue weighted by Crippen LogP contribution is 2.18. The largest absolute Gasteiger partial charge is 0.508 e. The maximum atomic E-state index is 12.3. The first kappa shape index (κ1) is 24.8. The number of rotatable bonds is 11. The number of likely N-dealkylation sites (N-methyl/N-ethyl adjacent to an activating group) is 1. The molecule has 176 valence electrons. The van der Waals surface area contributed by atoms with Gasteiger partial charge in [-0.25, -0.2) is 9.78 Å². The summed E-state index contributed by atoms with van der Waals surface area (Å²) < 4.78 is 16.7. The van der Waals surface area contributed by atoms with E-state index in [2.05, 4.69) is 11.9 Å². The third kappa shape index (κ3) is 8.53. The lowest BCUT2D eigenvalue weighted by Crippen LogP contribution is -2.34. The first-order valence-electron chi connectivity index (χ1n) is 11.8. The molecule has 3 atom stereocenters. The molecule has 0 radical (unpaired) electrons. The molecule has 0 saturated carbocycles. The summed E-state index contributed by atoms with van der Waals surface area (Å²) in [5.74, 6) is 0.810. The van der Waals surface area contributed by atoms with Gasteiger partial charge in [-0.2, -0.15) is 0 Å². The van der Waals surface area contributed by atoms with Gasteiger partial charge in [0.25, 0.3) is 0 Å². The number of aromatic nitrogens is 2. The van der Waals surface area contributed by atoms with Crippen LogP contribution in [-0.4, -0.2) is 62.4 Å². The van der Waals surface area contributed by atoms with E-state index in [1.807, 2.05) is 68.3 Å². The predicted octanol–water partition coefficient (Wildman–Crippen LogP) is 3.93. The SMILES string of the molecule is BC1CCC(COC(=O)OC(CCCC)CN(C)c2cccc(/C=C/c3ccccn3)n2)O1. The van der Waals surface area contributed by atoms with Gasteiger partial charge in [-0.05, 0) is 62.1 Å². The number of unbranched alkanes of at least 4 members (excludes halogenated alkanes) is 1. The fourth-order valence-corrected chi connectivity index (χ4v) is 3.75. The van der Waals surface area contributed by atoms with Crippen molar-refractivity contribution in [2.45, 2.75) is 57.2 Å². The van der Waals surface area contributed by atoms with E-state index in [0.29, 0.717) is 6.54 Å². The number of hydrogen-bond donors (Lipinski definition) is 0. The number of nitrogens with zero attached hydrogens (tertiary/aromatic N) is 3. The van der Waals surface area contributed by atoms with Crippen LogP contribution in [0.1, 0.15) is 50.4 Å². The second-order valence-corrected chi connectivity index (χ2v) is 8.48. The van der Waals surface area contributed by atoms with Crippen molar-refractivity contribution in [3.63, 3.8) is 0 Å². The molecular weight excluding hydrogens is 417 g/mol. The van der Waals surface area contributed by atoms with E-state index >= 15 is 0 Å². The normalized spacial score (nSPS) is 18.8. The summed E-state index contributed by atoms with van der Waals surface area (Å²) in [4.78, 5) is 23.3. The Bertz CT molecular complexity index is 896. The van der Waals surface area contributed by atoms with Crippen LogP contribution in [0.4, 0.5) is 10.6 Å². The minimum Gasteiger partial charge on any atom is -0.432 e. The van der Waals surface area contributed by atoms with E-state index in [4.69, 9.17) is 19.2 Å². The third-order valence-corrected chi connectivity index (χ3v) is 5.59. The van der Waals surface area contributed by atoms with Crippen molar-refractivity contribution < 1.29 is 19.0 Å². The molecule has 1 aliphatic rings. The van der Waals surface area contributed by atoms with Gasteiger partial charge in [-0.15, -0.1) is 0 Å². The van der Waals surface area contributed by atoms with Crippen LogP contribution in [0.25, 0.3) is 12.2 Å². The molecule has 0 N–H and O–H groups in total. The van der Waals surface area contributed by atoms with Crippen LogP contribution in [0.2, 0.25) is 0 Å². The summed E-state index contributed by atoms with van der Waals surface area (Å²) in [6, 6.07) is 11.9. The Kier molecular flexibility index (Phi) is 9.75. The van der Waals surface area contributed by atoms with Crippen molar-refractivity contribution in [2.75, 3.05) is 25.1 Å². The molecule has 1 saturated heterocycles. The zero-order chi connectivity index (χ0) is 23.5. The zero-order valence-electron chi connectivity index (χ0n) is 19.9. The lowest BCUT2D eigenvalue weighted by molar-refractivity contribution is -0.0139. The van der Waals surface area contributed by atoms with Gasteiger partial charge in [-0.3, -0.25) is 4.98 Å². The van der Waals surface area contributed by atoms with Crippen LogP contribution in [0, 0.1) is 0 Å². The standard InChI is InChI=1S/C25H34BN3O4/c1-3-4-10-21(33-25(30)31-18-22-14-15-23(26)32-22)17-29(2)24-11-7-9-20(28-24)13-12-19-8-5-6-16-27-19/h5-9,11-13,16,21-23H,3-4,10,14-15,17-18,26H2,1-2H3/b13-12+. The van der Waals surface area contributed by atoms with Crippen molar-refractivity contribution in [1.82, 2.24) is 9.97 Å². The second-order valence-electron chi connectivity index (χ2n) is 8.48. The van der Waals surface area contributed by atoms with Crippen molar-refractivity contribution in [3.8, 4) is 0 Å². The Hall–Kier alpha value is -2.87. The Labute approximate surface area is 197 Å². The Morgan fingerprint density at radius 1 is 1.24 bits per heavy atom. The minimum atomic E-state index is -0.632. The maximum absolute atomic E-state index is 12.3. The number of anilines is 1. The number of carbonyl (C=O) groups is 1. The Morgan fingerprint density at radius 3 is 2.79 bits per heavy atom. The average molecular weight is 451 g/mol. The van der Waals surface area contributed by atoms with Crippen LogP contribution < -0.4 is 4.90 Å². The molecule has 0 amide bonds. The summed E-state index contributed by atoms with van der Waals surface area (Å²) in [6.45, 7) is 2.90. The van der Waals surface area contributed by atoms with Gasteiger partial charge in [-0.1, -0.05) is 25.5 Å². The molecule has 33 heavy (non-hydrogen) atoms. The van der Waals surface area contributed by atoms with Gasteiger partial charge in [0.15, 0.2) is 0 Å². The zero-order valence-corrected chi connectivity index (χ0v) is 19.9. The minimum absolute atomic E-state index is 0.0320. The van der Waals surface area contributed by atoms with Gasteiger partial charge in [0.05, 0.1) is 24.0 Å². The highest BCUT2D eigenvalue weighted by atomic mass is 16.7. The number of hydrogen-bond acceptors (Lipinski definition) is 7. The van der Waals surface area contributed by atoms with Gasteiger partial charge in [0.1, 0.15) is 26.4 Å². The molecule has 0 aliphatic carbocycles. The fourth-order valence-electron chi connectivity index (χ4n) is 3.75. The van der Waals surface area contributed by atoms with Gasteiger partial charge >= 0.3 is 6.16 Å². The lowest BCUT2D eigenvalue weighted by Gasteiger charge is -2.25. The second kappa shape index (κ2) is 13.0. The van der Waals surface area contributed by atoms with Gasteiger partial charge < -0.3 is 19.1 Å². The maximum Gasteiger partial charge on any atom is 0.508 e. The van der Waals surface area contributed by atoms with E-state index < -0.39 is 6.16 Å². The van der Waals surface area contributed by atoms with Crippen molar-refractivity contribution >= 4 is 32.0 Å². The molecule has 0 spiro atoms. The first-order chi connectivity index (χ1) is 16.0. The molecule has 3 rings (SSSR count). The fraction of sp³-hybridized carbons (Fsp3) is 0.480.